The van der Waals surface area contributed by atoms with Gasteiger partial charge in [0.15, 0.2) is 0 Å². The number of benzene rings is 2. The number of aryl methyl sites for hydroxylation is 1. The number of amides is 3. The molecule has 24 heavy (non-hydrogen) atoms. The van der Waals surface area contributed by atoms with Crippen molar-refractivity contribution in [2.24, 2.45) is 0 Å². The van der Waals surface area contributed by atoms with E-state index >= 15 is 0 Å². The predicted octanol–water partition coefficient (Wildman–Crippen LogP) is 2.07. The second-order valence-electron chi connectivity index (χ2n) is 5.68. The summed E-state index contributed by atoms with van der Waals surface area (Å²) in [5, 5.41) is 8.02. The van der Waals surface area contributed by atoms with Crippen molar-refractivity contribution in [3.8, 4) is 0 Å². The average Bonchev–Trinajstić information content (AvgIpc) is 2.65. The Kier molecular flexibility index (Phi) is 4.29. The zero-order valence-corrected chi connectivity index (χ0v) is 13.1. The fraction of sp³-hybridized carbons (Fsp3) is 0.167. The first-order chi connectivity index (χ1) is 11.5. The highest BCUT2D eigenvalue weighted by atomic mass is 16.2. The zero-order chi connectivity index (χ0) is 17.1. The molecule has 1 heterocycles. The van der Waals surface area contributed by atoms with E-state index in [1.54, 1.807) is 30.3 Å². The van der Waals surface area contributed by atoms with Crippen LogP contribution in [0.15, 0.2) is 48.5 Å². The van der Waals surface area contributed by atoms with Gasteiger partial charge in [-0.25, -0.2) is 0 Å². The van der Waals surface area contributed by atoms with E-state index in [2.05, 4.69) is 16.0 Å². The fourth-order valence-electron chi connectivity index (χ4n) is 2.58. The van der Waals surface area contributed by atoms with Crippen molar-refractivity contribution in [3.63, 3.8) is 0 Å². The zero-order valence-electron chi connectivity index (χ0n) is 13.1. The van der Waals surface area contributed by atoms with Gasteiger partial charge >= 0.3 is 0 Å². The number of hydrogen-bond donors (Lipinski definition) is 3. The van der Waals surface area contributed by atoms with E-state index < -0.39 is 11.9 Å². The predicted molar refractivity (Wildman–Crippen MR) is 90.8 cm³/mol. The number of carbonyl (C=O) groups excluding carboxylic acids is 3. The van der Waals surface area contributed by atoms with Crippen LogP contribution in [0.1, 0.15) is 22.3 Å². The van der Waals surface area contributed by atoms with Gasteiger partial charge in [-0.3, -0.25) is 14.4 Å². The van der Waals surface area contributed by atoms with Crippen LogP contribution >= 0.6 is 0 Å². The van der Waals surface area contributed by atoms with Gasteiger partial charge in [0, 0.05) is 5.69 Å². The van der Waals surface area contributed by atoms with Crippen LogP contribution in [0.25, 0.3) is 0 Å². The van der Waals surface area contributed by atoms with Crippen LogP contribution in [0, 0.1) is 6.92 Å². The fourth-order valence-corrected chi connectivity index (χ4v) is 2.58. The van der Waals surface area contributed by atoms with Gasteiger partial charge in [-0.1, -0.05) is 24.3 Å². The lowest BCUT2D eigenvalue weighted by molar-refractivity contribution is -0.122. The highest BCUT2D eigenvalue weighted by molar-refractivity contribution is 6.11. The molecule has 0 aliphatic carbocycles. The first kappa shape index (κ1) is 15.7. The molecule has 3 rings (SSSR count). The lowest BCUT2D eigenvalue weighted by Crippen LogP contribution is -2.43. The summed E-state index contributed by atoms with van der Waals surface area (Å²) in [5.41, 5.74) is 2.50. The monoisotopic (exact) mass is 323 g/mol. The molecule has 3 amide bonds. The van der Waals surface area contributed by atoms with Crippen LogP contribution in [0.2, 0.25) is 0 Å². The summed E-state index contributed by atoms with van der Waals surface area (Å²) in [6.45, 7) is 1.92. The van der Waals surface area contributed by atoms with Gasteiger partial charge in [0.25, 0.3) is 5.91 Å². The maximum absolute atomic E-state index is 12.3. The number of hydrogen-bond acceptors (Lipinski definition) is 3. The average molecular weight is 323 g/mol. The van der Waals surface area contributed by atoms with Crippen molar-refractivity contribution in [2.75, 3.05) is 10.6 Å². The Bertz CT molecular complexity index is 817. The lowest BCUT2D eigenvalue weighted by Gasteiger charge is -2.14. The van der Waals surface area contributed by atoms with Crippen LogP contribution in [-0.2, 0) is 9.59 Å². The van der Waals surface area contributed by atoms with Gasteiger partial charge < -0.3 is 16.0 Å². The molecule has 6 nitrogen and oxygen atoms in total. The molecule has 122 valence electrons. The number of rotatable bonds is 3. The molecule has 1 aliphatic heterocycles. The summed E-state index contributed by atoms with van der Waals surface area (Å²) in [4.78, 5) is 36.7. The highest BCUT2D eigenvalue weighted by Crippen LogP contribution is 2.19. The highest BCUT2D eigenvalue weighted by Gasteiger charge is 2.29. The molecule has 0 saturated carbocycles. The van der Waals surface area contributed by atoms with Crippen molar-refractivity contribution in [1.29, 1.82) is 0 Å². The lowest BCUT2D eigenvalue weighted by atomic mass is 10.1. The van der Waals surface area contributed by atoms with E-state index in [1.165, 1.54) is 0 Å². The minimum atomic E-state index is -0.922. The van der Waals surface area contributed by atoms with E-state index in [1.807, 2.05) is 25.1 Å². The normalized spacial score (nSPS) is 16.5. The topological polar surface area (TPSA) is 87.3 Å². The quantitative estimate of drug-likeness (QED) is 0.808. The third-order valence-corrected chi connectivity index (χ3v) is 3.74. The summed E-state index contributed by atoms with van der Waals surface area (Å²) in [6, 6.07) is 13.2. The molecule has 0 unspecified atom stereocenters. The van der Waals surface area contributed by atoms with E-state index in [0.717, 1.165) is 5.56 Å². The van der Waals surface area contributed by atoms with Crippen molar-refractivity contribution in [2.45, 2.75) is 19.4 Å². The molecule has 0 aromatic heterocycles. The second-order valence-corrected chi connectivity index (χ2v) is 5.68. The van der Waals surface area contributed by atoms with E-state index in [-0.39, 0.29) is 18.2 Å². The van der Waals surface area contributed by atoms with Gasteiger partial charge in [0.1, 0.15) is 6.04 Å². The smallest absolute Gasteiger partial charge is 0.254 e. The van der Waals surface area contributed by atoms with Gasteiger partial charge in [-0.15, -0.1) is 0 Å². The van der Waals surface area contributed by atoms with Crippen molar-refractivity contribution in [3.05, 3.63) is 59.7 Å². The first-order valence-electron chi connectivity index (χ1n) is 7.60. The van der Waals surface area contributed by atoms with E-state index in [9.17, 15) is 14.4 Å². The molecular formula is C18H17N3O3. The largest absolute Gasteiger partial charge is 0.340 e. The molecule has 1 atom stereocenters. The molecule has 2 aromatic rings. The molecule has 2 aromatic carbocycles. The molecule has 0 radical (unpaired) electrons. The number of fused-ring (bicyclic) bond motifs is 1. The maximum atomic E-state index is 12.3. The Labute approximate surface area is 139 Å². The molecule has 0 fully saturated rings. The number of para-hydroxylation sites is 1. The summed E-state index contributed by atoms with van der Waals surface area (Å²) < 4.78 is 0. The Balaban J connectivity index is 1.70. The number of anilines is 2. The Morgan fingerprint density at radius 1 is 1.12 bits per heavy atom. The van der Waals surface area contributed by atoms with Gasteiger partial charge in [-0.05, 0) is 36.8 Å². The first-order valence-corrected chi connectivity index (χ1v) is 7.60. The van der Waals surface area contributed by atoms with Crippen molar-refractivity contribution >= 4 is 29.1 Å². The van der Waals surface area contributed by atoms with Gasteiger partial charge in [0.05, 0.1) is 17.7 Å². The molecule has 1 aliphatic rings. The van der Waals surface area contributed by atoms with Crippen LogP contribution < -0.4 is 16.0 Å². The van der Waals surface area contributed by atoms with Crippen molar-refractivity contribution in [1.82, 2.24) is 5.32 Å². The summed E-state index contributed by atoms with van der Waals surface area (Å²) in [5.74, 6) is -1.13. The van der Waals surface area contributed by atoms with Crippen molar-refractivity contribution < 1.29 is 14.4 Å². The van der Waals surface area contributed by atoms with Crippen LogP contribution in [-0.4, -0.2) is 23.8 Å². The summed E-state index contributed by atoms with van der Waals surface area (Å²) >= 11 is 0. The van der Waals surface area contributed by atoms with Crippen LogP contribution in [0.5, 0.6) is 0 Å². The van der Waals surface area contributed by atoms with Crippen LogP contribution in [0.4, 0.5) is 11.4 Å². The van der Waals surface area contributed by atoms with Crippen LogP contribution in [0.3, 0.4) is 0 Å². The third kappa shape index (κ3) is 3.43. The minimum absolute atomic E-state index is 0.139. The number of nitrogens with one attached hydrogen (secondary N) is 3. The standard InChI is InChI=1S/C18H17N3O3/c1-11-5-4-6-12(9-11)19-16(22)10-15-18(24)20-14-8-3-2-7-13(14)17(23)21-15/h2-9,15H,10H2,1H3,(H,19,22)(H,20,24)(H,21,23)/t15-/m1/s1. The van der Waals surface area contributed by atoms with Gasteiger partial charge in [-0.2, -0.15) is 0 Å². The molecule has 6 heteroatoms. The second kappa shape index (κ2) is 6.54. The van der Waals surface area contributed by atoms with E-state index in [0.29, 0.717) is 16.9 Å². The Morgan fingerprint density at radius 3 is 2.71 bits per heavy atom. The number of carbonyl (C=O) groups is 3. The third-order valence-electron chi connectivity index (χ3n) is 3.74. The SMILES string of the molecule is Cc1cccc(NC(=O)C[C@H]2NC(=O)c3ccccc3NC2=O)c1. The summed E-state index contributed by atoms with van der Waals surface area (Å²) in [6.07, 6.45) is -0.139. The van der Waals surface area contributed by atoms with E-state index in [4.69, 9.17) is 0 Å². The summed E-state index contributed by atoms with van der Waals surface area (Å²) in [7, 11) is 0. The molecule has 0 bridgehead atoms. The Morgan fingerprint density at radius 2 is 1.92 bits per heavy atom. The minimum Gasteiger partial charge on any atom is -0.340 e. The van der Waals surface area contributed by atoms with Gasteiger partial charge in [0.2, 0.25) is 11.8 Å². The molecule has 0 saturated heterocycles. The molecule has 3 N–H and O–H groups in total. The Hall–Kier alpha value is -3.15. The molecular weight excluding hydrogens is 306 g/mol. The maximum Gasteiger partial charge on any atom is 0.254 e. The molecule has 0 spiro atoms.